The molecule has 1 aliphatic rings. The molecule has 0 spiro atoms. The van der Waals surface area contributed by atoms with E-state index in [0.29, 0.717) is 23.3 Å². The predicted molar refractivity (Wildman–Crippen MR) is 101 cm³/mol. The van der Waals surface area contributed by atoms with Crippen LogP contribution < -0.4 is 11.1 Å². The number of aliphatic imine (C=N–C) groups is 1. The van der Waals surface area contributed by atoms with Crippen molar-refractivity contribution in [3.05, 3.63) is 59.1 Å². The minimum Gasteiger partial charge on any atom is -0.491 e. The average Bonchev–Trinajstić information content (AvgIpc) is 2.62. The zero-order valence-corrected chi connectivity index (χ0v) is 14.9. The molecule has 0 amide bonds. The van der Waals surface area contributed by atoms with Crippen LogP contribution >= 0.6 is 11.6 Å². The van der Waals surface area contributed by atoms with Gasteiger partial charge < -0.3 is 15.8 Å². The number of rotatable bonds is 7. The highest BCUT2D eigenvalue weighted by Crippen LogP contribution is 2.36. The molecule has 0 heterocycles. The van der Waals surface area contributed by atoms with Gasteiger partial charge in [-0.25, -0.2) is 4.99 Å². The average molecular weight is 348 g/mol. The van der Waals surface area contributed by atoms with Gasteiger partial charge in [-0.05, 0) is 36.7 Å². The third kappa shape index (κ3) is 5.03. The summed E-state index contributed by atoms with van der Waals surface area (Å²) in [5, 5.41) is 3.54. The molecule has 1 aromatic rings. The summed E-state index contributed by atoms with van der Waals surface area (Å²) >= 11 is 6.04. The Morgan fingerprint density at radius 3 is 2.83 bits per heavy atom. The highest BCUT2D eigenvalue weighted by Gasteiger charge is 2.23. The number of hydrogen-bond acceptors (Lipinski definition) is 3. The van der Waals surface area contributed by atoms with E-state index in [1.54, 1.807) is 7.11 Å². The highest BCUT2D eigenvalue weighted by atomic mass is 35.5. The van der Waals surface area contributed by atoms with E-state index < -0.39 is 0 Å². The van der Waals surface area contributed by atoms with Crippen LogP contribution in [0.2, 0.25) is 0 Å². The molecule has 1 saturated carbocycles. The Labute approximate surface area is 149 Å². The van der Waals surface area contributed by atoms with E-state index in [4.69, 9.17) is 22.1 Å². The minimum absolute atomic E-state index is 0.198. The maximum atomic E-state index is 6.04. The summed E-state index contributed by atoms with van der Waals surface area (Å²) in [6.07, 6.45) is 6.07. The van der Waals surface area contributed by atoms with E-state index in [-0.39, 0.29) is 5.16 Å². The van der Waals surface area contributed by atoms with Gasteiger partial charge in [0.25, 0.3) is 0 Å². The van der Waals surface area contributed by atoms with E-state index >= 15 is 0 Å². The quantitative estimate of drug-likeness (QED) is 0.256. The molecular formula is C19H26ClN3O. The molecule has 1 fully saturated rings. The molecule has 130 valence electrons. The fraction of sp³-hybridized carbons (Fsp3) is 0.421. The van der Waals surface area contributed by atoms with Crippen LogP contribution in [-0.2, 0) is 4.74 Å². The minimum atomic E-state index is 0.198. The van der Waals surface area contributed by atoms with Gasteiger partial charge in [0.15, 0.2) is 10.9 Å². The Kier molecular flexibility index (Phi) is 7.19. The number of halogens is 1. The van der Waals surface area contributed by atoms with E-state index in [2.05, 4.69) is 47.2 Å². The molecule has 5 heteroatoms. The maximum absolute atomic E-state index is 6.04. The lowest BCUT2D eigenvalue weighted by molar-refractivity contribution is 0.284. The van der Waals surface area contributed by atoms with Crippen LogP contribution in [0.1, 0.15) is 37.2 Å². The first-order chi connectivity index (χ1) is 11.7. The Morgan fingerprint density at radius 1 is 1.42 bits per heavy atom. The van der Waals surface area contributed by atoms with Crippen molar-refractivity contribution in [1.29, 1.82) is 0 Å². The summed E-state index contributed by atoms with van der Waals surface area (Å²) in [5.41, 5.74) is 7.35. The smallest absolute Gasteiger partial charge is 0.178 e. The number of hydrogen-bond donors (Lipinski definition) is 2. The van der Waals surface area contributed by atoms with Crippen molar-refractivity contribution in [1.82, 2.24) is 5.32 Å². The number of benzene rings is 1. The first-order valence-electron chi connectivity index (χ1n) is 8.31. The highest BCUT2D eigenvalue weighted by molar-refractivity contribution is 6.30. The molecule has 0 saturated heterocycles. The van der Waals surface area contributed by atoms with E-state index in [1.807, 2.05) is 0 Å². The lowest BCUT2D eigenvalue weighted by Gasteiger charge is -2.30. The molecule has 4 nitrogen and oxygen atoms in total. The summed E-state index contributed by atoms with van der Waals surface area (Å²) in [4.78, 5) is 3.84. The third-order valence-electron chi connectivity index (χ3n) is 4.51. The molecule has 0 radical (unpaired) electrons. The second-order valence-corrected chi connectivity index (χ2v) is 6.46. The van der Waals surface area contributed by atoms with Gasteiger partial charge in [-0.3, -0.25) is 0 Å². The van der Waals surface area contributed by atoms with Crippen molar-refractivity contribution < 1.29 is 4.74 Å². The first-order valence-corrected chi connectivity index (χ1v) is 8.69. The lowest BCUT2D eigenvalue weighted by Crippen LogP contribution is -2.27. The van der Waals surface area contributed by atoms with Gasteiger partial charge in [-0.15, -0.1) is 0 Å². The Hall–Kier alpha value is -1.94. The summed E-state index contributed by atoms with van der Waals surface area (Å²) in [6, 6.07) is 10.8. The SMILES string of the molecule is C=C(NCC1CCCC(c2ccccc2)C1)/C(OC)=C(Cl)\N=C/N. The zero-order chi connectivity index (χ0) is 17.4. The fourth-order valence-electron chi connectivity index (χ4n) is 3.31. The standard InChI is InChI=1S/C19H26ClN3O/c1-14(18(24-2)19(20)23-13-21)22-12-15-7-6-10-17(11-15)16-8-4-3-5-9-16/h3-5,8-9,13,15,17,22H,1,6-7,10-12H2,2H3,(H2,21,23)/b19-18+. The Morgan fingerprint density at radius 2 is 2.17 bits per heavy atom. The first kappa shape index (κ1) is 18.4. The van der Waals surface area contributed by atoms with Gasteiger partial charge in [-0.2, -0.15) is 0 Å². The van der Waals surface area contributed by atoms with Crippen LogP contribution in [-0.4, -0.2) is 20.0 Å². The van der Waals surface area contributed by atoms with Crippen LogP contribution in [0, 0.1) is 5.92 Å². The van der Waals surface area contributed by atoms with Crippen LogP contribution in [0.5, 0.6) is 0 Å². The maximum Gasteiger partial charge on any atom is 0.178 e. The third-order valence-corrected chi connectivity index (χ3v) is 4.78. The number of ether oxygens (including phenoxy) is 1. The molecular weight excluding hydrogens is 322 g/mol. The van der Waals surface area contributed by atoms with E-state index in [0.717, 1.165) is 12.9 Å². The predicted octanol–water partition coefficient (Wildman–Crippen LogP) is 4.11. The van der Waals surface area contributed by atoms with Gasteiger partial charge in [0.2, 0.25) is 0 Å². The monoisotopic (exact) mass is 347 g/mol. The molecule has 0 aromatic heterocycles. The molecule has 2 rings (SSSR count). The van der Waals surface area contributed by atoms with Crippen LogP contribution in [0.4, 0.5) is 0 Å². The molecule has 1 aliphatic carbocycles. The normalized spacial score (nSPS) is 22.1. The van der Waals surface area contributed by atoms with Crippen molar-refractivity contribution in [2.24, 2.45) is 16.6 Å². The summed E-state index contributed by atoms with van der Waals surface area (Å²) in [6.45, 7) is 4.85. The molecule has 1 aromatic carbocycles. The lowest BCUT2D eigenvalue weighted by atomic mass is 9.78. The van der Waals surface area contributed by atoms with E-state index in [9.17, 15) is 0 Å². The van der Waals surface area contributed by atoms with Gasteiger partial charge >= 0.3 is 0 Å². The Bertz CT molecular complexity index is 598. The van der Waals surface area contributed by atoms with Gasteiger partial charge in [-0.1, -0.05) is 54.9 Å². The summed E-state index contributed by atoms with van der Waals surface area (Å²) in [7, 11) is 1.54. The molecule has 0 bridgehead atoms. The van der Waals surface area contributed by atoms with Crippen molar-refractivity contribution in [3.63, 3.8) is 0 Å². The van der Waals surface area contributed by atoms with E-state index in [1.165, 1.54) is 31.2 Å². The summed E-state index contributed by atoms with van der Waals surface area (Å²) in [5.74, 6) is 1.67. The Balaban J connectivity index is 1.92. The van der Waals surface area contributed by atoms with Crippen molar-refractivity contribution in [2.75, 3.05) is 13.7 Å². The van der Waals surface area contributed by atoms with Gasteiger partial charge in [0, 0.05) is 6.54 Å². The molecule has 3 N–H and O–H groups in total. The van der Waals surface area contributed by atoms with Crippen LogP contribution in [0.15, 0.2) is 58.5 Å². The fourth-order valence-corrected chi connectivity index (χ4v) is 3.56. The molecule has 0 aliphatic heterocycles. The topological polar surface area (TPSA) is 59.6 Å². The van der Waals surface area contributed by atoms with Crippen LogP contribution in [0.3, 0.4) is 0 Å². The number of methoxy groups -OCH3 is 1. The van der Waals surface area contributed by atoms with Crippen molar-refractivity contribution in [2.45, 2.75) is 31.6 Å². The number of nitrogens with two attached hydrogens (primary N) is 1. The van der Waals surface area contributed by atoms with Crippen LogP contribution in [0.25, 0.3) is 0 Å². The van der Waals surface area contributed by atoms with Gasteiger partial charge in [0.05, 0.1) is 19.1 Å². The summed E-state index contributed by atoms with van der Waals surface area (Å²) < 4.78 is 5.27. The second-order valence-electron chi connectivity index (χ2n) is 6.10. The number of nitrogens with one attached hydrogen (secondary N) is 1. The molecule has 2 atom stereocenters. The number of nitrogens with zero attached hydrogens (tertiary/aromatic N) is 1. The second kappa shape index (κ2) is 9.38. The largest absolute Gasteiger partial charge is 0.491 e. The van der Waals surface area contributed by atoms with Gasteiger partial charge in [0.1, 0.15) is 0 Å². The molecule has 2 unspecified atom stereocenters. The van der Waals surface area contributed by atoms with Crippen molar-refractivity contribution >= 4 is 17.9 Å². The zero-order valence-electron chi connectivity index (χ0n) is 14.2. The molecule has 24 heavy (non-hydrogen) atoms. The van der Waals surface area contributed by atoms with Crippen molar-refractivity contribution in [3.8, 4) is 0 Å².